The molecule has 18 heavy (non-hydrogen) atoms. The Labute approximate surface area is 114 Å². The lowest BCUT2D eigenvalue weighted by molar-refractivity contribution is 0.482. The molecular formula is C14H21FN2S. The van der Waals surface area contributed by atoms with Crippen LogP contribution in [0, 0.1) is 11.7 Å². The summed E-state index contributed by atoms with van der Waals surface area (Å²) < 4.78 is 13.8. The van der Waals surface area contributed by atoms with Crippen molar-refractivity contribution >= 4 is 22.9 Å². The summed E-state index contributed by atoms with van der Waals surface area (Å²) in [6.07, 6.45) is 2.15. The summed E-state index contributed by atoms with van der Waals surface area (Å²) in [5.74, 6) is 0.322. The first-order chi connectivity index (χ1) is 8.43. The summed E-state index contributed by atoms with van der Waals surface area (Å²) in [5.41, 5.74) is 6.53. The Morgan fingerprint density at radius 3 is 2.61 bits per heavy atom. The zero-order valence-electron chi connectivity index (χ0n) is 11.2. The third-order valence-electron chi connectivity index (χ3n) is 3.11. The van der Waals surface area contributed by atoms with Gasteiger partial charge >= 0.3 is 0 Å². The highest BCUT2D eigenvalue weighted by molar-refractivity contribution is 7.80. The Bertz CT molecular complexity index is 420. The summed E-state index contributed by atoms with van der Waals surface area (Å²) in [4.78, 5) is 0.216. The number of hydrogen-bond acceptors (Lipinski definition) is 2. The van der Waals surface area contributed by atoms with Crippen LogP contribution in [0.5, 0.6) is 0 Å². The van der Waals surface area contributed by atoms with E-state index in [1.807, 2.05) is 0 Å². The minimum absolute atomic E-state index is 0.216. The molecule has 0 aliphatic rings. The maximum Gasteiger partial charge on any atom is 0.146 e. The molecule has 100 valence electrons. The standard InChI is InChI=1S/C14H21FN2S/c1-4-9(2)7-10(3)17-13-6-5-11(14(16)18)8-12(13)15/h5-6,8-10,17H,4,7H2,1-3H3,(H2,16,18). The van der Waals surface area contributed by atoms with Crippen LogP contribution in [0.25, 0.3) is 0 Å². The van der Waals surface area contributed by atoms with Crippen molar-refractivity contribution in [3.05, 3.63) is 29.6 Å². The Kier molecular flexibility index (Phi) is 5.54. The van der Waals surface area contributed by atoms with Gasteiger partial charge in [-0.2, -0.15) is 0 Å². The highest BCUT2D eigenvalue weighted by atomic mass is 32.1. The quantitative estimate of drug-likeness (QED) is 0.773. The highest BCUT2D eigenvalue weighted by Crippen LogP contribution is 2.19. The predicted molar refractivity (Wildman–Crippen MR) is 79.4 cm³/mol. The second-order valence-corrected chi connectivity index (χ2v) is 5.29. The smallest absolute Gasteiger partial charge is 0.146 e. The van der Waals surface area contributed by atoms with E-state index in [9.17, 15) is 4.39 Å². The van der Waals surface area contributed by atoms with E-state index in [1.165, 1.54) is 6.07 Å². The van der Waals surface area contributed by atoms with Crippen LogP contribution >= 0.6 is 12.2 Å². The average molecular weight is 268 g/mol. The molecule has 0 radical (unpaired) electrons. The van der Waals surface area contributed by atoms with E-state index >= 15 is 0 Å². The van der Waals surface area contributed by atoms with Crippen LogP contribution in [0.3, 0.4) is 0 Å². The van der Waals surface area contributed by atoms with Crippen LogP contribution in [-0.2, 0) is 0 Å². The summed E-state index contributed by atoms with van der Waals surface area (Å²) >= 11 is 4.82. The molecule has 2 nitrogen and oxygen atoms in total. The number of nitrogens with one attached hydrogen (secondary N) is 1. The Hall–Kier alpha value is -1.16. The molecule has 0 fully saturated rings. The fraction of sp³-hybridized carbons (Fsp3) is 0.500. The third kappa shape index (κ3) is 4.26. The molecular weight excluding hydrogens is 247 g/mol. The average Bonchev–Trinajstić information content (AvgIpc) is 2.31. The second kappa shape index (κ2) is 6.69. The summed E-state index contributed by atoms with van der Waals surface area (Å²) in [5, 5.41) is 3.18. The molecule has 2 atom stereocenters. The van der Waals surface area contributed by atoms with Crippen LogP contribution < -0.4 is 11.1 Å². The van der Waals surface area contributed by atoms with Gasteiger partial charge in [-0.05, 0) is 37.5 Å². The Balaban J connectivity index is 2.70. The van der Waals surface area contributed by atoms with Crippen LogP contribution in [0.1, 0.15) is 39.2 Å². The second-order valence-electron chi connectivity index (χ2n) is 4.85. The molecule has 0 saturated carbocycles. The van der Waals surface area contributed by atoms with Gasteiger partial charge in [-0.1, -0.05) is 32.5 Å². The van der Waals surface area contributed by atoms with E-state index in [0.717, 1.165) is 12.8 Å². The minimum Gasteiger partial charge on any atom is -0.389 e. The van der Waals surface area contributed by atoms with Gasteiger partial charge in [-0.3, -0.25) is 0 Å². The summed E-state index contributed by atoms with van der Waals surface area (Å²) in [6.45, 7) is 6.42. The molecule has 3 N–H and O–H groups in total. The molecule has 0 aromatic heterocycles. The van der Waals surface area contributed by atoms with Crippen LogP contribution in [0.15, 0.2) is 18.2 Å². The maximum absolute atomic E-state index is 13.8. The summed E-state index contributed by atoms with van der Waals surface area (Å²) in [7, 11) is 0. The first-order valence-electron chi connectivity index (χ1n) is 6.30. The molecule has 1 rings (SSSR count). The molecule has 1 aromatic rings. The Morgan fingerprint density at radius 2 is 2.11 bits per heavy atom. The lowest BCUT2D eigenvalue weighted by Gasteiger charge is -2.19. The number of anilines is 1. The van der Waals surface area contributed by atoms with E-state index in [1.54, 1.807) is 12.1 Å². The van der Waals surface area contributed by atoms with Crippen molar-refractivity contribution in [3.8, 4) is 0 Å². The van der Waals surface area contributed by atoms with Crippen LogP contribution in [0.4, 0.5) is 10.1 Å². The predicted octanol–water partition coefficient (Wildman–Crippen LogP) is 3.70. The largest absolute Gasteiger partial charge is 0.389 e. The molecule has 0 saturated heterocycles. The topological polar surface area (TPSA) is 38.0 Å². The number of nitrogens with two attached hydrogens (primary N) is 1. The van der Waals surface area contributed by atoms with E-state index in [4.69, 9.17) is 18.0 Å². The van der Waals surface area contributed by atoms with E-state index in [2.05, 4.69) is 26.1 Å². The van der Waals surface area contributed by atoms with Crippen molar-refractivity contribution in [2.24, 2.45) is 11.7 Å². The van der Waals surface area contributed by atoms with Gasteiger partial charge in [0.25, 0.3) is 0 Å². The lowest BCUT2D eigenvalue weighted by atomic mass is 10.00. The van der Waals surface area contributed by atoms with Gasteiger partial charge in [0.05, 0.1) is 5.69 Å². The van der Waals surface area contributed by atoms with Gasteiger partial charge in [0.1, 0.15) is 10.8 Å². The fourth-order valence-corrected chi connectivity index (χ4v) is 2.01. The van der Waals surface area contributed by atoms with Gasteiger partial charge in [0.2, 0.25) is 0 Å². The number of hydrogen-bond donors (Lipinski definition) is 2. The van der Waals surface area contributed by atoms with Crippen molar-refractivity contribution in [1.29, 1.82) is 0 Å². The molecule has 0 aliphatic carbocycles. The lowest BCUT2D eigenvalue weighted by Crippen LogP contribution is -2.19. The maximum atomic E-state index is 13.8. The normalized spacial score (nSPS) is 14.0. The van der Waals surface area contributed by atoms with Crippen molar-refractivity contribution in [3.63, 3.8) is 0 Å². The van der Waals surface area contributed by atoms with Gasteiger partial charge in [0.15, 0.2) is 0 Å². The van der Waals surface area contributed by atoms with Crippen molar-refractivity contribution in [1.82, 2.24) is 0 Å². The van der Waals surface area contributed by atoms with Gasteiger partial charge < -0.3 is 11.1 Å². The molecule has 2 unspecified atom stereocenters. The number of benzene rings is 1. The molecule has 0 heterocycles. The zero-order chi connectivity index (χ0) is 13.7. The van der Waals surface area contributed by atoms with E-state index < -0.39 is 0 Å². The Morgan fingerprint density at radius 1 is 1.44 bits per heavy atom. The minimum atomic E-state index is -0.309. The van der Waals surface area contributed by atoms with Crippen molar-refractivity contribution in [2.45, 2.75) is 39.7 Å². The number of thiocarbonyl (C=S) groups is 1. The van der Waals surface area contributed by atoms with Crippen molar-refractivity contribution < 1.29 is 4.39 Å². The monoisotopic (exact) mass is 268 g/mol. The van der Waals surface area contributed by atoms with Gasteiger partial charge in [-0.15, -0.1) is 0 Å². The molecule has 0 spiro atoms. The molecule has 0 amide bonds. The molecule has 1 aromatic carbocycles. The van der Waals surface area contributed by atoms with Crippen LogP contribution in [-0.4, -0.2) is 11.0 Å². The van der Waals surface area contributed by atoms with Gasteiger partial charge in [0, 0.05) is 11.6 Å². The van der Waals surface area contributed by atoms with Crippen molar-refractivity contribution in [2.75, 3.05) is 5.32 Å². The molecule has 0 bridgehead atoms. The molecule has 0 aliphatic heterocycles. The first kappa shape index (κ1) is 14.9. The first-order valence-corrected chi connectivity index (χ1v) is 6.70. The van der Waals surface area contributed by atoms with Crippen LogP contribution in [0.2, 0.25) is 0 Å². The fourth-order valence-electron chi connectivity index (χ4n) is 1.88. The van der Waals surface area contributed by atoms with E-state index in [0.29, 0.717) is 17.2 Å². The zero-order valence-corrected chi connectivity index (χ0v) is 12.0. The van der Waals surface area contributed by atoms with Gasteiger partial charge in [-0.25, -0.2) is 4.39 Å². The number of halogens is 1. The number of rotatable bonds is 6. The SMILES string of the molecule is CCC(C)CC(C)Nc1ccc(C(N)=S)cc1F. The summed E-state index contributed by atoms with van der Waals surface area (Å²) in [6, 6.07) is 5.05. The third-order valence-corrected chi connectivity index (χ3v) is 3.34. The van der Waals surface area contributed by atoms with E-state index in [-0.39, 0.29) is 16.8 Å². The molecule has 4 heteroatoms. The highest BCUT2D eigenvalue weighted by Gasteiger charge is 2.10.